The molecule has 1 spiro atoms. The van der Waals surface area contributed by atoms with Crippen LogP contribution >= 0.6 is 0 Å². The molecule has 1 aliphatic carbocycles. The summed E-state index contributed by atoms with van der Waals surface area (Å²) in [5.74, 6) is -1.14. The van der Waals surface area contributed by atoms with E-state index in [-0.39, 0.29) is 18.8 Å². The maximum absolute atomic E-state index is 13.2. The van der Waals surface area contributed by atoms with Gasteiger partial charge in [0.15, 0.2) is 0 Å². The van der Waals surface area contributed by atoms with Gasteiger partial charge in [-0.1, -0.05) is 48.5 Å². The first-order valence-corrected chi connectivity index (χ1v) is 12.0. The number of amides is 4. The van der Waals surface area contributed by atoms with Crippen molar-refractivity contribution in [1.29, 1.82) is 0 Å². The van der Waals surface area contributed by atoms with E-state index in [0.29, 0.717) is 12.0 Å². The molecule has 10 heteroatoms. The second-order valence-corrected chi connectivity index (χ2v) is 9.75. The Hall–Kier alpha value is -3.24. The number of nitrogens with one attached hydrogen (secondary N) is 2. The Balaban J connectivity index is 1.39. The van der Waals surface area contributed by atoms with Crippen LogP contribution in [0.15, 0.2) is 48.5 Å². The number of aryl methyl sites for hydroxylation is 1. The smallest absolute Gasteiger partial charge is 0.325 e. The first kappa shape index (κ1) is 22.0. The lowest BCUT2D eigenvalue weighted by atomic mass is 9.76. The molecule has 0 aromatic heterocycles. The van der Waals surface area contributed by atoms with Crippen LogP contribution in [0, 0.1) is 0 Å². The monoisotopic (exact) mass is 456 g/mol. The Bertz CT molecular complexity index is 1180. The van der Waals surface area contributed by atoms with E-state index in [1.54, 1.807) is 24.3 Å². The van der Waals surface area contributed by atoms with Gasteiger partial charge in [-0.05, 0) is 41.5 Å². The zero-order valence-electron chi connectivity index (χ0n) is 17.3. The number of nitrogens with two attached hydrogens (primary N) is 1. The van der Waals surface area contributed by atoms with Crippen molar-refractivity contribution in [2.45, 2.75) is 37.1 Å². The third-order valence-corrected chi connectivity index (χ3v) is 6.57. The highest BCUT2D eigenvalue weighted by atomic mass is 32.2. The average Bonchev–Trinajstić information content (AvgIpc) is 2.97. The number of benzene rings is 2. The standard InChI is InChI=1S/C22H24N4O5S/c23-32(30,31)14-16-9-7-15(8-10-16)12-24-19(27)13-26-20(28)22(25-21(26)29)11-3-5-17-4-1-2-6-18(17)22/h1-2,4,6-10H,3,5,11-14H2,(H,24,27)(H,25,29)(H2,23,30,31)/t22-/m1/s1. The number of carbonyl (C=O) groups is 3. The summed E-state index contributed by atoms with van der Waals surface area (Å²) < 4.78 is 22.3. The number of carbonyl (C=O) groups excluding carboxylic acids is 3. The molecule has 1 saturated heterocycles. The molecule has 4 rings (SSSR count). The summed E-state index contributed by atoms with van der Waals surface area (Å²) in [5, 5.41) is 10.5. The highest BCUT2D eigenvalue weighted by Crippen LogP contribution is 2.39. The molecule has 9 nitrogen and oxygen atoms in total. The first-order valence-electron chi connectivity index (χ1n) is 10.3. The van der Waals surface area contributed by atoms with Crippen molar-refractivity contribution in [3.8, 4) is 0 Å². The fourth-order valence-corrected chi connectivity index (χ4v) is 5.00. The van der Waals surface area contributed by atoms with Gasteiger partial charge in [0, 0.05) is 6.54 Å². The Morgan fingerprint density at radius 3 is 2.50 bits per heavy atom. The number of imide groups is 1. The number of urea groups is 1. The van der Waals surface area contributed by atoms with Gasteiger partial charge in [-0.15, -0.1) is 0 Å². The van der Waals surface area contributed by atoms with Gasteiger partial charge in [-0.3, -0.25) is 14.5 Å². The van der Waals surface area contributed by atoms with Crippen LogP contribution in [0.1, 0.15) is 35.1 Å². The number of hydrogen-bond donors (Lipinski definition) is 3. The first-order chi connectivity index (χ1) is 15.2. The Morgan fingerprint density at radius 2 is 1.78 bits per heavy atom. The van der Waals surface area contributed by atoms with E-state index in [9.17, 15) is 22.8 Å². The zero-order valence-corrected chi connectivity index (χ0v) is 18.2. The van der Waals surface area contributed by atoms with Gasteiger partial charge in [0.05, 0.1) is 5.75 Å². The molecule has 4 amide bonds. The van der Waals surface area contributed by atoms with E-state index >= 15 is 0 Å². The molecule has 0 unspecified atom stereocenters. The summed E-state index contributed by atoms with van der Waals surface area (Å²) >= 11 is 0. The van der Waals surface area contributed by atoms with Gasteiger partial charge in [-0.25, -0.2) is 18.4 Å². The molecule has 2 aromatic carbocycles. The number of hydrogen-bond acceptors (Lipinski definition) is 5. The lowest BCUT2D eigenvalue weighted by molar-refractivity contribution is -0.135. The van der Waals surface area contributed by atoms with Crippen LogP contribution in [0.3, 0.4) is 0 Å². The minimum Gasteiger partial charge on any atom is -0.350 e. The van der Waals surface area contributed by atoms with Crippen LogP contribution in [0.2, 0.25) is 0 Å². The Morgan fingerprint density at radius 1 is 1.09 bits per heavy atom. The largest absolute Gasteiger partial charge is 0.350 e. The summed E-state index contributed by atoms with van der Waals surface area (Å²) in [4.78, 5) is 39.2. The van der Waals surface area contributed by atoms with Crippen LogP contribution in [-0.2, 0) is 43.9 Å². The van der Waals surface area contributed by atoms with E-state index in [0.717, 1.165) is 34.4 Å². The second-order valence-electron chi connectivity index (χ2n) is 8.14. The van der Waals surface area contributed by atoms with Crippen molar-refractivity contribution >= 4 is 27.9 Å². The molecule has 1 heterocycles. The van der Waals surface area contributed by atoms with Gasteiger partial charge in [-0.2, -0.15) is 0 Å². The van der Waals surface area contributed by atoms with Gasteiger partial charge in [0.1, 0.15) is 12.1 Å². The highest BCUT2D eigenvalue weighted by Gasteiger charge is 2.54. The molecule has 168 valence electrons. The molecule has 1 aliphatic heterocycles. The van der Waals surface area contributed by atoms with Crippen molar-refractivity contribution in [1.82, 2.24) is 15.5 Å². The quantitative estimate of drug-likeness (QED) is 0.554. The third-order valence-electron chi connectivity index (χ3n) is 5.83. The average molecular weight is 457 g/mol. The molecule has 1 fully saturated rings. The van der Waals surface area contributed by atoms with Gasteiger partial charge < -0.3 is 10.6 Å². The molecular formula is C22H24N4O5S. The predicted molar refractivity (Wildman–Crippen MR) is 116 cm³/mol. The van der Waals surface area contributed by atoms with Gasteiger partial charge in [0.2, 0.25) is 15.9 Å². The lowest BCUT2D eigenvalue weighted by Gasteiger charge is -2.33. The topological polar surface area (TPSA) is 139 Å². The highest BCUT2D eigenvalue weighted by molar-refractivity contribution is 7.88. The van der Waals surface area contributed by atoms with Crippen molar-refractivity contribution in [2.75, 3.05) is 6.54 Å². The van der Waals surface area contributed by atoms with Crippen LogP contribution in [0.25, 0.3) is 0 Å². The van der Waals surface area contributed by atoms with E-state index in [1.165, 1.54) is 0 Å². The van der Waals surface area contributed by atoms with Crippen molar-refractivity contribution in [3.63, 3.8) is 0 Å². The molecule has 32 heavy (non-hydrogen) atoms. The number of fused-ring (bicyclic) bond motifs is 2. The molecular weight excluding hydrogens is 432 g/mol. The van der Waals surface area contributed by atoms with E-state index < -0.39 is 33.4 Å². The molecule has 2 aliphatic rings. The second kappa shape index (κ2) is 8.36. The van der Waals surface area contributed by atoms with Crippen molar-refractivity contribution in [3.05, 3.63) is 70.8 Å². The maximum Gasteiger partial charge on any atom is 0.325 e. The van der Waals surface area contributed by atoms with Crippen LogP contribution in [0.5, 0.6) is 0 Å². The van der Waals surface area contributed by atoms with Crippen LogP contribution < -0.4 is 15.8 Å². The molecule has 0 saturated carbocycles. The van der Waals surface area contributed by atoms with Crippen molar-refractivity contribution in [2.24, 2.45) is 5.14 Å². The Kier molecular flexibility index (Phi) is 5.74. The fraction of sp³-hybridized carbons (Fsp3) is 0.318. The summed E-state index contributed by atoms with van der Waals surface area (Å²) in [5.41, 5.74) is 2.01. The van der Waals surface area contributed by atoms with Crippen LogP contribution in [0.4, 0.5) is 4.79 Å². The van der Waals surface area contributed by atoms with E-state index in [4.69, 9.17) is 5.14 Å². The molecule has 4 N–H and O–H groups in total. The number of primary sulfonamides is 1. The summed E-state index contributed by atoms with van der Waals surface area (Å²) in [7, 11) is -3.62. The molecule has 0 radical (unpaired) electrons. The maximum atomic E-state index is 13.2. The summed E-state index contributed by atoms with van der Waals surface area (Å²) in [6.45, 7) is -0.204. The minimum absolute atomic E-state index is 0.173. The zero-order chi connectivity index (χ0) is 22.9. The lowest BCUT2D eigenvalue weighted by Crippen LogP contribution is -2.47. The number of nitrogens with zero attached hydrogens (tertiary/aromatic N) is 1. The van der Waals surface area contributed by atoms with E-state index in [2.05, 4.69) is 10.6 Å². The third kappa shape index (κ3) is 4.37. The normalized spacial score (nSPS) is 20.2. The van der Waals surface area contributed by atoms with Gasteiger partial charge >= 0.3 is 6.03 Å². The van der Waals surface area contributed by atoms with Crippen LogP contribution in [-0.4, -0.2) is 37.7 Å². The molecule has 1 atom stereocenters. The molecule has 2 aromatic rings. The molecule has 0 bridgehead atoms. The summed E-state index contributed by atoms with van der Waals surface area (Å²) in [6.07, 6.45) is 2.11. The summed E-state index contributed by atoms with van der Waals surface area (Å²) in [6, 6.07) is 13.6. The van der Waals surface area contributed by atoms with Crippen molar-refractivity contribution < 1.29 is 22.8 Å². The fourth-order valence-electron chi connectivity index (χ4n) is 4.34. The predicted octanol–water partition coefficient (Wildman–Crippen LogP) is 0.875. The number of sulfonamides is 1. The van der Waals surface area contributed by atoms with Gasteiger partial charge in [0.25, 0.3) is 5.91 Å². The Labute approximate surface area is 186 Å². The SMILES string of the molecule is NS(=O)(=O)Cc1ccc(CNC(=O)CN2C(=O)N[C@@]3(CCCc4ccccc43)C2=O)cc1. The number of rotatable bonds is 6. The minimum atomic E-state index is -3.62. The van der Waals surface area contributed by atoms with E-state index in [1.807, 2.05) is 24.3 Å².